The van der Waals surface area contributed by atoms with Crippen LogP contribution in [-0.4, -0.2) is 30.5 Å². The average molecular weight is 514 g/mol. The number of carbonyl (C=O) groups excluding carboxylic acids is 2. The first-order valence-corrected chi connectivity index (χ1v) is 12.9. The first kappa shape index (κ1) is 27.0. The predicted molar refractivity (Wildman–Crippen MR) is 150 cm³/mol. The molecule has 1 amide bonds. The van der Waals surface area contributed by atoms with Crippen molar-refractivity contribution in [3.8, 4) is 11.5 Å². The summed E-state index contributed by atoms with van der Waals surface area (Å²) in [5, 5.41) is 11.5. The third kappa shape index (κ3) is 5.30. The molecule has 1 saturated heterocycles. The Hall–Kier alpha value is -4.06. The van der Waals surface area contributed by atoms with Gasteiger partial charge in [-0.05, 0) is 77.9 Å². The number of carbonyl (C=O) groups is 2. The molecule has 1 heterocycles. The quantitative estimate of drug-likeness (QED) is 0.204. The number of rotatable bonds is 8. The molecular weight excluding hydrogens is 478 g/mol. The van der Waals surface area contributed by atoms with Crippen LogP contribution in [-0.2, 0) is 9.59 Å². The Morgan fingerprint density at radius 2 is 1.68 bits per heavy atom. The highest BCUT2D eigenvalue weighted by atomic mass is 16.5. The van der Waals surface area contributed by atoms with Gasteiger partial charge >= 0.3 is 0 Å². The lowest BCUT2D eigenvalue weighted by atomic mass is 9.93. The van der Waals surface area contributed by atoms with Gasteiger partial charge in [0.15, 0.2) is 0 Å². The number of ether oxygens (including phenoxy) is 2. The smallest absolute Gasteiger partial charge is 0.300 e. The molecule has 3 aromatic carbocycles. The third-order valence-corrected chi connectivity index (χ3v) is 6.63. The van der Waals surface area contributed by atoms with E-state index in [1.807, 2.05) is 69.3 Å². The fourth-order valence-electron chi connectivity index (χ4n) is 4.69. The lowest BCUT2D eigenvalue weighted by molar-refractivity contribution is -0.132. The van der Waals surface area contributed by atoms with E-state index in [1.54, 1.807) is 25.3 Å². The molecule has 0 aromatic heterocycles. The van der Waals surface area contributed by atoms with Crippen molar-refractivity contribution >= 4 is 23.1 Å². The number of amides is 1. The Kier molecular flexibility index (Phi) is 7.91. The summed E-state index contributed by atoms with van der Waals surface area (Å²) in [4.78, 5) is 28.4. The summed E-state index contributed by atoms with van der Waals surface area (Å²) in [5.41, 5.74) is 3.64. The molecule has 1 aliphatic heterocycles. The Morgan fingerprint density at radius 1 is 0.974 bits per heavy atom. The largest absolute Gasteiger partial charge is 0.507 e. The van der Waals surface area contributed by atoms with Crippen LogP contribution in [0.3, 0.4) is 0 Å². The second-order valence-corrected chi connectivity index (χ2v) is 10.4. The Labute approximate surface area is 224 Å². The zero-order valence-electron chi connectivity index (χ0n) is 22.8. The van der Waals surface area contributed by atoms with Crippen LogP contribution in [0.5, 0.6) is 11.5 Å². The van der Waals surface area contributed by atoms with Crippen molar-refractivity contribution in [1.29, 1.82) is 0 Å². The van der Waals surface area contributed by atoms with E-state index in [9.17, 15) is 14.7 Å². The van der Waals surface area contributed by atoms with Crippen LogP contribution in [0.1, 0.15) is 61.9 Å². The minimum Gasteiger partial charge on any atom is -0.507 e. The lowest BCUT2D eigenvalue weighted by Gasteiger charge is -2.26. The van der Waals surface area contributed by atoms with Gasteiger partial charge in [0, 0.05) is 11.3 Å². The standard InChI is InChI=1S/C32H35NO5/c1-19(2)18-38-25-13-10-22(11-14-25)29-28(30(34)23-12-15-27(37-6)26(17-23)20(3)4)31(35)32(36)33(29)24-9-7-8-21(5)16-24/h7-17,19-20,29,34H,18H2,1-6H3/b30-28-. The number of hydrogen-bond donors (Lipinski definition) is 1. The maximum Gasteiger partial charge on any atom is 0.300 e. The molecule has 0 radical (unpaired) electrons. The minimum atomic E-state index is -0.805. The molecule has 1 fully saturated rings. The number of ketones is 1. The van der Waals surface area contributed by atoms with E-state index in [0.29, 0.717) is 40.8 Å². The van der Waals surface area contributed by atoms with Crippen LogP contribution in [0.15, 0.2) is 72.3 Å². The number of benzene rings is 3. The van der Waals surface area contributed by atoms with Gasteiger partial charge in [0.05, 0.1) is 25.3 Å². The van der Waals surface area contributed by atoms with E-state index in [1.165, 1.54) is 4.90 Å². The minimum absolute atomic E-state index is 0.0484. The number of aryl methyl sites for hydroxylation is 1. The highest BCUT2D eigenvalue weighted by Gasteiger charge is 2.47. The van der Waals surface area contributed by atoms with E-state index in [0.717, 1.165) is 11.1 Å². The van der Waals surface area contributed by atoms with Crippen LogP contribution in [0.25, 0.3) is 5.76 Å². The highest BCUT2D eigenvalue weighted by Crippen LogP contribution is 2.43. The van der Waals surface area contributed by atoms with Gasteiger partial charge in [0.2, 0.25) is 0 Å². The molecule has 198 valence electrons. The molecular formula is C32H35NO5. The van der Waals surface area contributed by atoms with Crippen LogP contribution in [0.2, 0.25) is 0 Å². The molecule has 0 aliphatic carbocycles. The molecule has 6 heteroatoms. The number of anilines is 1. The molecule has 38 heavy (non-hydrogen) atoms. The van der Waals surface area contributed by atoms with Crippen LogP contribution in [0, 0.1) is 12.8 Å². The molecule has 1 aliphatic rings. The first-order valence-electron chi connectivity index (χ1n) is 12.9. The molecule has 0 saturated carbocycles. The van der Waals surface area contributed by atoms with E-state index < -0.39 is 17.7 Å². The fourth-order valence-corrected chi connectivity index (χ4v) is 4.69. The number of Topliss-reactive ketones (excluding diaryl/α,β-unsaturated/α-hetero) is 1. The van der Waals surface area contributed by atoms with Gasteiger partial charge < -0.3 is 14.6 Å². The summed E-state index contributed by atoms with van der Waals surface area (Å²) >= 11 is 0. The van der Waals surface area contributed by atoms with Crippen molar-refractivity contribution in [2.24, 2.45) is 5.92 Å². The normalized spacial score (nSPS) is 16.9. The molecule has 1 N–H and O–H groups in total. The van der Waals surface area contributed by atoms with Gasteiger partial charge in [0.1, 0.15) is 17.3 Å². The first-order chi connectivity index (χ1) is 18.1. The summed E-state index contributed by atoms with van der Waals surface area (Å²) in [6.07, 6.45) is 0. The van der Waals surface area contributed by atoms with Crippen molar-refractivity contribution in [3.05, 3.63) is 94.6 Å². The average Bonchev–Trinajstić information content (AvgIpc) is 3.17. The zero-order chi connectivity index (χ0) is 27.6. The molecule has 0 spiro atoms. The van der Waals surface area contributed by atoms with Crippen LogP contribution >= 0.6 is 0 Å². The van der Waals surface area contributed by atoms with Gasteiger partial charge in [-0.25, -0.2) is 0 Å². The second kappa shape index (κ2) is 11.1. The Morgan fingerprint density at radius 3 is 2.29 bits per heavy atom. The number of hydrogen-bond acceptors (Lipinski definition) is 5. The Balaban J connectivity index is 1.88. The van der Waals surface area contributed by atoms with Gasteiger partial charge in [-0.3, -0.25) is 14.5 Å². The monoisotopic (exact) mass is 513 g/mol. The van der Waals surface area contributed by atoms with Gasteiger partial charge in [-0.15, -0.1) is 0 Å². The zero-order valence-corrected chi connectivity index (χ0v) is 22.8. The van der Waals surface area contributed by atoms with Gasteiger partial charge in [0.25, 0.3) is 11.7 Å². The maximum atomic E-state index is 13.5. The Bertz CT molecular complexity index is 1370. The summed E-state index contributed by atoms with van der Waals surface area (Å²) < 4.78 is 11.3. The molecule has 1 unspecified atom stereocenters. The van der Waals surface area contributed by atoms with Crippen LogP contribution < -0.4 is 14.4 Å². The van der Waals surface area contributed by atoms with E-state index in [4.69, 9.17) is 9.47 Å². The number of aliphatic hydroxyl groups is 1. The highest BCUT2D eigenvalue weighted by molar-refractivity contribution is 6.51. The summed E-state index contributed by atoms with van der Waals surface area (Å²) in [6.45, 7) is 10.7. The summed E-state index contributed by atoms with van der Waals surface area (Å²) in [6, 6.07) is 19.3. The number of aliphatic hydroxyl groups excluding tert-OH is 1. The van der Waals surface area contributed by atoms with Gasteiger partial charge in [-0.2, -0.15) is 0 Å². The van der Waals surface area contributed by atoms with E-state index in [2.05, 4.69) is 13.8 Å². The molecule has 1 atom stereocenters. The summed E-state index contributed by atoms with van der Waals surface area (Å²) in [5.74, 6) is 0.283. The van der Waals surface area contributed by atoms with Crippen molar-refractivity contribution in [1.82, 2.24) is 0 Å². The number of nitrogens with zero attached hydrogens (tertiary/aromatic N) is 1. The topological polar surface area (TPSA) is 76.1 Å². The van der Waals surface area contributed by atoms with Crippen LogP contribution in [0.4, 0.5) is 5.69 Å². The molecule has 6 nitrogen and oxygen atoms in total. The predicted octanol–water partition coefficient (Wildman–Crippen LogP) is 6.79. The lowest BCUT2D eigenvalue weighted by Crippen LogP contribution is -2.29. The van der Waals surface area contributed by atoms with Crippen molar-refractivity contribution in [3.63, 3.8) is 0 Å². The second-order valence-electron chi connectivity index (χ2n) is 10.4. The van der Waals surface area contributed by atoms with Crippen molar-refractivity contribution < 1.29 is 24.2 Å². The molecule has 3 aromatic rings. The number of methoxy groups -OCH3 is 1. The maximum absolute atomic E-state index is 13.5. The van der Waals surface area contributed by atoms with Crippen molar-refractivity contribution in [2.75, 3.05) is 18.6 Å². The van der Waals surface area contributed by atoms with E-state index in [-0.39, 0.29) is 17.3 Å². The third-order valence-electron chi connectivity index (χ3n) is 6.63. The van der Waals surface area contributed by atoms with Crippen molar-refractivity contribution in [2.45, 2.75) is 46.6 Å². The molecule has 0 bridgehead atoms. The molecule has 4 rings (SSSR count). The summed E-state index contributed by atoms with van der Waals surface area (Å²) in [7, 11) is 1.60. The van der Waals surface area contributed by atoms with Gasteiger partial charge in [-0.1, -0.05) is 52.0 Å². The van der Waals surface area contributed by atoms with E-state index >= 15 is 0 Å². The fraction of sp³-hybridized carbons (Fsp3) is 0.312. The SMILES string of the molecule is COc1ccc(/C(O)=C2/C(=O)C(=O)N(c3cccc(C)c3)C2c2ccc(OCC(C)C)cc2)cc1C(C)C.